The van der Waals surface area contributed by atoms with E-state index in [1.165, 1.54) is 0 Å². The third-order valence-corrected chi connectivity index (χ3v) is 2.72. The molecule has 1 aromatic rings. The first-order valence-electron chi connectivity index (χ1n) is 3.90. The molecule has 3 N–H and O–H groups in total. The predicted molar refractivity (Wildman–Crippen MR) is 58.7 cm³/mol. The van der Waals surface area contributed by atoms with E-state index < -0.39 is 0 Å². The molecule has 70 valence electrons. The molecule has 13 heavy (non-hydrogen) atoms. The average Bonchev–Trinajstić information content (AvgIpc) is 2.08. The summed E-state index contributed by atoms with van der Waals surface area (Å²) in [6, 6.07) is 7.65. The van der Waals surface area contributed by atoms with E-state index in [-0.39, 0.29) is 5.84 Å². The van der Waals surface area contributed by atoms with Crippen molar-refractivity contribution in [2.45, 2.75) is 11.3 Å². The minimum atomic E-state index is 0.237. The second-order valence-corrected chi connectivity index (χ2v) is 4.18. The van der Waals surface area contributed by atoms with Gasteiger partial charge in [0.15, 0.2) is 0 Å². The largest absolute Gasteiger partial charge is 0.388 e. The molecule has 0 radical (unpaired) electrons. The minimum absolute atomic E-state index is 0.237. The Morgan fingerprint density at radius 1 is 1.38 bits per heavy atom. The van der Waals surface area contributed by atoms with Gasteiger partial charge in [0.05, 0.1) is 5.84 Å². The van der Waals surface area contributed by atoms with Gasteiger partial charge in [-0.05, 0) is 24.3 Å². The van der Waals surface area contributed by atoms with Gasteiger partial charge in [0.2, 0.25) is 0 Å². The maximum absolute atomic E-state index is 7.04. The summed E-state index contributed by atoms with van der Waals surface area (Å²) in [5.41, 5.74) is 5.23. The van der Waals surface area contributed by atoms with Crippen LogP contribution in [0.1, 0.15) is 6.42 Å². The van der Waals surface area contributed by atoms with E-state index in [1.54, 1.807) is 11.8 Å². The average molecular weight is 215 g/mol. The fourth-order valence-corrected chi connectivity index (χ4v) is 1.82. The molecule has 0 unspecified atom stereocenters. The molecular weight excluding hydrogens is 204 g/mol. The SMILES string of the molecule is N=C(N)CCSc1ccc(Cl)cc1. The summed E-state index contributed by atoms with van der Waals surface area (Å²) in [5.74, 6) is 1.08. The van der Waals surface area contributed by atoms with Crippen LogP contribution in [0.4, 0.5) is 0 Å². The molecule has 0 aliphatic carbocycles. The van der Waals surface area contributed by atoms with Crippen LogP contribution in [0.5, 0.6) is 0 Å². The van der Waals surface area contributed by atoms with Crippen molar-refractivity contribution < 1.29 is 0 Å². The van der Waals surface area contributed by atoms with Crippen LogP contribution < -0.4 is 5.73 Å². The smallest absolute Gasteiger partial charge is 0.0913 e. The van der Waals surface area contributed by atoms with E-state index in [4.69, 9.17) is 22.7 Å². The highest BCUT2D eigenvalue weighted by molar-refractivity contribution is 7.99. The van der Waals surface area contributed by atoms with Gasteiger partial charge in [-0.15, -0.1) is 11.8 Å². The van der Waals surface area contributed by atoms with Crippen LogP contribution >= 0.6 is 23.4 Å². The van der Waals surface area contributed by atoms with Crippen LogP contribution in [0.25, 0.3) is 0 Å². The fraction of sp³-hybridized carbons (Fsp3) is 0.222. The molecular formula is C9H11ClN2S. The Kier molecular flexibility index (Phi) is 4.12. The predicted octanol–water partition coefficient (Wildman–Crippen LogP) is 2.76. The maximum Gasteiger partial charge on any atom is 0.0913 e. The number of thioether (sulfide) groups is 1. The van der Waals surface area contributed by atoms with Gasteiger partial charge in [-0.1, -0.05) is 11.6 Å². The molecule has 0 saturated heterocycles. The first-order valence-corrected chi connectivity index (χ1v) is 5.26. The van der Waals surface area contributed by atoms with Crippen LogP contribution in [0.15, 0.2) is 29.2 Å². The minimum Gasteiger partial charge on any atom is -0.388 e. The Bertz CT molecular complexity index is 284. The van der Waals surface area contributed by atoms with Crippen LogP contribution in [-0.2, 0) is 0 Å². The standard InChI is InChI=1S/C9H11ClN2S/c10-7-1-3-8(4-2-7)13-6-5-9(11)12/h1-4H,5-6H2,(H3,11,12). The number of halogens is 1. The van der Waals surface area contributed by atoms with Gasteiger partial charge >= 0.3 is 0 Å². The van der Waals surface area contributed by atoms with Crippen molar-refractivity contribution in [3.63, 3.8) is 0 Å². The molecule has 1 rings (SSSR count). The van der Waals surface area contributed by atoms with Gasteiger partial charge in [0.1, 0.15) is 0 Å². The van der Waals surface area contributed by atoms with Crippen LogP contribution in [0, 0.1) is 5.41 Å². The van der Waals surface area contributed by atoms with Crippen molar-refractivity contribution in [2.75, 3.05) is 5.75 Å². The molecule has 0 saturated carbocycles. The van der Waals surface area contributed by atoms with Crippen molar-refractivity contribution in [1.29, 1.82) is 5.41 Å². The zero-order valence-electron chi connectivity index (χ0n) is 7.09. The first-order chi connectivity index (χ1) is 6.18. The summed E-state index contributed by atoms with van der Waals surface area (Å²) in [6.07, 6.45) is 0.632. The van der Waals surface area contributed by atoms with E-state index in [9.17, 15) is 0 Å². The number of nitrogens with two attached hydrogens (primary N) is 1. The third kappa shape index (κ3) is 4.20. The molecule has 0 amide bonds. The molecule has 0 aliphatic rings. The molecule has 4 heteroatoms. The molecule has 0 bridgehead atoms. The molecule has 0 spiro atoms. The van der Waals surface area contributed by atoms with Crippen LogP contribution in [-0.4, -0.2) is 11.6 Å². The normalized spacial score (nSPS) is 9.92. The fourth-order valence-electron chi connectivity index (χ4n) is 0.810. The Balaban J connectivity index is 2.37. The van der Waals surface area contributed by atoms with Crippen molar-refractivity contribution >= 4 is 29.2 Å². The van der Waals surface area contributed by atoms with Crippen molar-refractivity contribution in [3.8, 4) is 0 Å². The van der Waals surface area contributed by atoms with Crippen LogP contribution in [0.3, 0.4) is 0 Å². The quantitative estimate of drug-likeness (QED) is 0.460. The monoisotopic (exact) mass is 214 g/mol. The lowest BCUT2D eigenvalue weighted by molar-refractivity contribution is 1.22. The highest BCUT2D eigenvalue weighted by atomic mass is 35.5. The number of rotatable bonds is 4. The molecule has 0 heterocycles. The third-order valence-electron chi connectivity index (χ3n) is 1.45. The molecule has 0 aliphatic heterocycles. The van der Waals surface area contributed by atoms with Gasteiger partial charge in [0.25, 0.3) is 0 Å². The zero-order chi connectivity index (χ0) is 9.68. The van der Waals surface area contributed by atoms with E-state index in [0.29, 0.717) is 6.42 Å². The number of benzene rings is 1. The summed E-state index contributed by atoms with van der Waals surface area (Å²) >= 11 is 7.41. The van der Waals surface area contributed by atoms with Crippen molar-refractivity contribution in [2.24, 2.45) is 5.73 Å². The lowest BCUT2D eigenvalue weighted by Gasteiger charge is -2.00. The van der Waals surface area contributed by atoms with Gasteiger partial charge in [-0.3, -0.25) is 5.41 Å². The van der Waals surface area contributed by atoms with Gasteiger partial charge in [-0.25, -0.2) is 0 Å². The number of hydrogen-bond donors (Lipinski definition) is 2. The number of nitrogens with one attached hydrogen (secondary N) is 1. The maximum atomic E-state index is 7.04. The van der Waals surface area contributed by atoms with Crippen molar-refractivity contribution in [1.82, 2.24) is 0 Å². The van der Waals surface area contributed by atoms with E-state index in [0.717, 1.165) is 15.7 Å². The summed E-state index contributed by atoms with van der Waals surface area (Å²) in [5, 5.41) is 7.78. The number of amidine groups is 1. The Morgan fingerprint density at radius 2 is 2.00 bits per heavy atom. The highest BCUT2D eigenvalue weighted by Crippen LogP contribution is 2.20. The van der Waals surface area contributed by atoms with E-state index in [1.807, 2.05) is 24.3 Å². The van der Waals surface area contributed by atoms with E-state index >= 15 is 0 Å². The van der Waals surface area contributed by atoms with Gasteiger partial charge in [0, 0.05) is 22.1 Å². The van der Waals surface area contributed by atoms with Gasteiger partial charge in [-0.2, -0.15) is 0 Å². The molecule has 0 aromatic heterocycles. The first kappa shape index (κ1) is 10.4. The van der Waals surface area contributed by atoms with Gasteiger partial charge < -0.3 is 5.73 Å². The van der Waals surface area contributed by atoms with E-state index in [2.05, 4.69) is 0 Å². The molecule has 0 atom stereocenters. The molecule has 1 aromatic carbocycles. The topological polar surface area (TPSA) is 49.9 Å². The second-order valence-electron chi connectivity index (χ2n) is 2.58. The Hall–Kier alpha value is -0.670. The van der Waals surface area contributed by atoms with Crippen LogP contribution in [0.2, 0.25) is 5.02 Å². The number of hydrogen-bond acceptors (Lipinski definition) is 2. The summed E-state index contributed by atoms with van der Waals surface area (Å²) in [6.45, 7) is 0. The Morgan fingerprint density at radius 3 is 2.54 bits per heavy atom. The molecule has 2 nitrogen and oxygen atoms in total. The second kappa shape index (κ2) is 5.14. The zero-order valence-corrected chi connectivity index (χ0v) is 8.66. The summed E-state index contributed by atoms with van der Waals surface area (Å²) < 4.78 is 0. The lowest BCUT2D eigenvalue weighted by atomic mass is 10.4. The molecule has 0 fully saturated rings. The highest BCUT2D eigenvalue weighted by Gasteiger charge is 1.95. The Labute approximate surface area is 87.0 Å². The lowest BCUT2D eigenvalue weighted by Crippen LogP contribution is -2.09. The summed E-state index contributed by atoms with van der Waals surface area (Å²) in [7, 11) is 0. The summed E-state index contributed by atoms with van der Waals surface area (Å²) in [4.78, 5) is 1.16. The van der Waals surface area contributed by atoms with Crippen molar-refractivity contribution in [3.05, 3.63) is 29.3 Å².